The van der Waals surface area contributed by atoms with E-state index in [0.717, 1.165) is 28.0 Å². The van der Waals surface area contributed by atoms with Crippen molar-refractivity contribution in [2.45, 2.75) is 25.9 Å². The Balaban J connectivity index is 1.62. The maximum Gasteiger partial charge on any atom is 0.573 e. The predicted molar refractivity (Wildman–Crippen MR) is 109 cm³/mol. The molecule has 2 aromatic carbocycles. The van der Waals surface area contributed by atoms with Gasteiger partial charge in [-0.3, -0.25) is 4.79 Å². The highest BCUT2D eigenvalue weighted by Gasteiger charge is 2.43. The molecule has 4 rings (SSSR count). The molecule has 0 saturated carbocycles. The van der Waals surface area contributed by atoms with Crippen LogP contribution in [0.15, 0.2) is 54.6 Å². The first-order chi connectivity index (χ1) is 15.2. The number of fused-ring (bicyclic) bond motifs is 1. The fraction of sp³-hybridized carbons (Fsp3) is 0.227. The zero-order chi connectivity index (χ0) is 23.0. The van der Waals surface area contributed by atoms with Crippen LogP contribution in [0.4, 0.5) is 23.7 Å². The Morgan fingerprint density at radius 2 is 1.75 bits per heavy atom. The van der Waals surface area contributed by atoms with Gasteiger partial charge >= 0.3 is 12.4 Å². The molecule has 1 unspecified atom stereocenters. The van der Waals surface area contributed by atoms with Crippen LogP contribution in [0.2, 0.25) is 0 Å². The van der Waals surface area contributed by atoms with E-state index in [2.05, 4.69) is 9.72 Å². The van der Waals surface area contributed by atoms with Crippen molar-refractivity contribution in [2.24, 2.45) is 0 Å². The topological polar surface area (TPSA) is 72.0 Å². The number of hydrogen-bond acceptors (Lipinski definition) is 5. The highest BCUT2D eigenvalue weighted by Crippen LogP contribution is 2.31. The van der Waals surface area contributed by atoms with E-state index >= 15 is 0 Å². The van der Waals surface area contributed by atoms with Gasteiger partial charge in [0.25, 0.3) is 5.91 Å². The largest absolute Gasteiger partial charge is 0.573 e. The van der Waals surface area contributed by atoms with E-state index < -0.39 is 30.1 Å². The van der Waals surface area contributed by atoms with Gasteiger partial charge in [0.1, 0.15) is 11.8 Å². The van der Waals surface area contributed by atoms with Crippen LogP contribution in [0, 0.1) is 0 Å². The van der Waals surface area contributed by atoms with Gasteiger partial charge in [0, 0.05) is 18.0 Å². The first-order valence-electron chi connectivity index (χ1n) is 9.61. The van der Waals surface area contributed by atoms with Crippen LogP contribution >= 0.6 is 0 Å². The number of halogens is 3. The standard InChI is InChI=1S/C22H18F3N3O4/c1-13-20(29)28(15-7-9-16(10-8-15)32-22(23,24)25)21(30)27(13)12-14-11-19(31-2)26-18-6-4-3-5-17(14)18/h3-11,13H,12H2,1-2H3. The number of anilines is 1. The smallest absolute Gasteiger partial charge is 0.481 e. The predicted octanol–water partition coefficient (Wildman–Crippen LogP) is 4.50. The minimum absolute atomic E-state index is 0.122. The third kappa shape index (κ3) is 4.03. The Labute approximate surface area is 181 Å². The second-order valence-electron chi connectivity index (χ2n) is 7.14. The number of para-hydroxylation sites is 1. The van der Waals surface area contributed by atoms with Gasteiger partial charge in [-0.1, -0.05) is 18.2 Å². The SMILES string of the molecule is COc1cc(CN2C(=O)N(c3ccc(OC(F)(F)F)cc3)C(=O)C2C)c2ccccc2n1. The highest BCUT2D eigenvalue weighted by atomic mass is 19.4. The van der Waals surface area contributed by atoms with Gasteiger partial charge in [-0.25, -0.2) is 14.7 Å². The van der Waals surface area contributed by atoms with Crippen molar-refractivity contribution in [1.29, 1.82) is 0 Å². The Morgan fingerprint density at radius 1 is 1.06 bits per heavy atom. The molecule has 0 aliphatic carbocycles. The van der Waals surface area contributed by atoms with Crippen LogP contribution in [0.25, 0.3) is 10.9 Å². The minimum Gasteiger partial charge on any atom is -0.481 e. The van der Waals surface area contributed by atoms with Gasteiger partial charge in [-0.2, -0.15) is 0 Å². The van der Waals surface area contributed by atoms with Gasteiger partial charge in [-0.05, 0) is 42.8 Å². The fourth-order valence-electron chi connectivity index (χ4n) is 3.59. The van der Waals surface area contributed by atoms with Crippen LogP contribution < -0.4 is 14.4 Å². The third-order valence-corrected chi connectivity index (χ3v) is 5.14. The molecule has 1 saturated heterocycles. The summed E-state index contributed by atoms with van der Waals surface area (Å²) >= 11 is 0. The number of urea groups is 1. The lowest BCUT2D eigenvalue weighted by molar-refractivity contribution is -0.274. The number of aromatic nitrogens is 1. The molecule has 1 aromatic heterocycles. The first kappa shape index (κ1) is 21.4. The summed E-state index contributed by atoms with van der Waals surface area (Å²) < 4.78 is 46.2. The number of alkyl halides is 3. The second-order valence-corrected chi connectivity index (χ2v) is 7.14. The Hall–Kier alpha value is -3.82. The third-order valence-electron chi connectivity index (χ3n) is 5.14. The maximum atomic E-state index is 13.1. The van der Waals surface area contributed by atoms with Crippen molar-refractivity contribution in [1.82, 2.24) is 9.88 Å². The van der Waals surface area contributed by atoms with Crippen molar-refractivity contribution >= 4 is 28.5 Å². The molecule has 7 nitrogen and oxygen atoms in total. The van der Waals surface area contributed by atoms with E-state index in [0.29, 0.717) is 11.4 Å². The molecule has 1 fully saturated rings. The molecule has 32 heavy (non-hydrogen) atoms. The molecule has 0 radical (unpaired) electrons. The second kappa shape index (κ2) is 8.03. The summed E-state index contributed by atoms with van der Waals surface area (Å²) in [5.74, 6) is -0.549. The average molecular weight is 445 g/mol. The molecule has 166 valence electrons. The lowest BCUT2D eigenvalue weighted by Crippen LogP contribution is -2.33. The molecular weight excluding hydrogens is 427 g/mol. The Kier molecular flexibility index (Phi) is 5.37. The number of benzene rings is 2. The molecule has 2 heterocycles. The van der Waals surface area contributed by atoms with Crippen molar-refractivity contribution in [3.8, 4) is 11.6 Å². The summed E-state index contributed by atoms with van der Waals surface area (Å²) in [7, 11) is 1.49. The molecule has 0 bridgehead atoms. The highest BCUT2D eigenvalue weighted by molar-refractivity contribution is 6.21. The van der Waals surface area contributed by atoms with Crippen molar-refractivity contribution in [2.75, 3.05) is 12.0 Å². The van der Waals surface area contributed by atoms with Crippen LogP contribution in [-0.2, 0) is 11.3 Å². The van der Waals surface area contributed by atoms with Crippen molar-refractivity contribution in [3.05, 3.63) is 60.2 Å². The van der Waals surface area contributed by atoms with E-state index in [1.54, 1.807) is 13.0 Å². The summed E-state index contributed by atoms with van der Waals surface area (Å²) in [6.07, 6.45) is -4.83. The summed E-state index contributed by atoms with van der Waals surface area (Å²) in [5, 5.41) is 0.813. The molecule has 10 heteroatoms. The summed E-state index contributed by atoms with van der Waals surface area (Å²) in [5.41, 5.74) is 1.59. The quantitative estimate of drug-likeness (QED) is 0.541. The molecule has 1 aliphatic rings. The lowest BCUT2D eigenvalue weighted by Gasteiger charge is -2.21. The first-order valence-corrected chi connectivity index (χ1v) is 9.61. The summed E-state index contributed by atoms with van der Waals surface area (Å²) in [6.45, 7) is 1.72. The number of amides is 3. The average Bonchev–Trinajstić information content (AvgIpc) is 2.96. The molecule has 3 aromatic rings. The lowest BCUT2D eigenvalue weighted by atomic mass is 10.1. The van der Waals surface area contributed by atoms with Crippen LogP contribution in [-0.4, -0.2) is 41.3 Å². The number of nitrogens with zero attached hydrogens (tertiary/aromatic N) is 3. The number of hydrogen-bond donors (Lipinski definition) is 0. The monoisotopic (exact) mass is 445 g/mol. The zero-order valence-corrected chi connectivity index (χ0v) is 17.1. The van der Waals surface area contributed by atoms with E-state index in [1.165, 1.54) is 24.1 Å². The molecular formula is C22H18F3N3O4. The zero-order valence-electron chi connectivity index (χ0n) is 17.1. The Bertz CT molecular complexity index is 1180. The molecule has 1 aliphatic heterocycles. The molecule has 0 spiro atoms. The van der Waals surface area contributed by atoms with Crippen LogP contribution in [0.5, 0.6) is 11.6 Å². The van der Waals surface area contributed by atoms with Gasteiger partial charge in [0.15, 0.2) is 0 Å². The maximum absolute atomic E-state index is 13.1. The molecule has 3 amide bonds. The van der Waals surface area contributed by atoms with Gasteiger partial charge in [0.05, 0.1) is 18.3 Å². The minimum atomic E-state index is -4.83. The number of carbonyl (C=O) groups excluding carboxylic acids is 2. The molecule has 0 N–H and O–H groups in total. The fourth-order valence-corrected chi connectivity index (χ4v) is 3.59. The van der Waals surface area contributed by atoms with Crippen LogP contribution in [0.1, 0.15) is 12.5 Å². The van der Waals surface area contributed by atoms with Crippen molar-refractivity contribution < 1.29 is 32.2 Å². The van der Waals surface area contributed by atoms with Crippen molar-refractivity contribution in [3.63, 3.8) is 0 Å². The number of pyridine rings is 1. The summed E-state index contributed by atoms with van der Waals surface area (Å²) in [4.78, 5) is 32.7. The normalized spacial score (nSPS) is 16.7. The molecule has 1 atom stereocenters. The number of carbonyl (C=O) groups is 2. The summed E-state index contributed by atoms with van der Waals surface area (Å²) in [6, 6.07) is 12.3. The van der Waals surface area contributed by atoms with Gasteiger partial charge < -0.3 is 14.4 Å². The number of imide groups is 1. The van der Waals surface area contributed by atoms with E-state index in [4.69, 9.17) is 4.74 Å². The van der Waals surface area contributed by atoms with E-state index in [1.807, 2.05) is 24.3 Å². The van der Waals surface area contributed by atoms with Gasteiger partial charge in [-0.15, -0.1) is 13.2 Å². The number of methoxy groups -OCH3 is 1. The Morgan fingerprint density at radius 3 is 2.41 bits per heavy atom. The number of ether oxygens (including phenoxy) is 2. The van der Waals surface area contributed by atoms with E-state index in [9.17, 15) is 22.8 Å². The van der Waals surface area contributed by atoms with Crippen LogP contribution in [0.3, 0.4) is 0 Å². The van der Waals surface area contributed by atoms with E-state index in [-0.39, 0.29) is 12.2 Å². The van der Waals surface area contributed by atoms with Gasteiger partial charge in [0.2, 0.25) is 5.88 Å². The number of rotatable bonds is 5.